The Morgan fingerprint density at radius 3 is 2.50 bits per heavy atom. The zero-order valence-electron chi connectivity index (χ0n) is 12.4. The van der Waals surface area contributed by atoms with Gasteiger partial charge < -0.3 is 19.3 Å². The molecular weight excluding hydrogens is 260 g/mol. The Morgan fingerprint density at radius 1 is 1.25 bits per heavy atom. The number of aliphatic hydroxyl groups is 1. The first-order chi connectivity index (χ1) is 9.36. The van der Waals surface area contributed by atoms with Gasteiger partial charge in [0.1, 0.15) is 0 Å². The van der Waals surface area contributed by atoms with E-state index >= 15 is 0 Å². The van der Waals surface area contributed by atoms with Crippen LogP contribution >= 0.6 is 0 Å². The Balaban J connectivity index is 1.73. The van der Waals surface area contributed by atoms with E-state index in [4.69, 9.17) is 14.2 Å². The molecule has 1 aliphatic heterocycles. The molecule has 5 nitrogen and oxygen atoms in total. The van der Waals surface area contributed by atoms with Gasteiger partial charge in [0.25, 0.3) is 0 Å². The SMILES string of the molecule is COC(=O)C1[C@H](O)C[C@@H]2CC3(C[C@H]12)OCC(C)(C)CO3. The fourth-order valence-electron chi connectivity index (χ4n) is 4.02. The molecule has 0 aromatic rings. The minimum Gasteiger partial charge on any atom is -0.469 e. The molecule has 1 unspecified atom stereocenters. The van der Waals surface area contributed by atoms with Crippen LogP contribution in [0.1, 0.15) is 33.1 Å². The molecule has 2 aliphatic carbocycles. The average molecular weight is 284 g/mol. The third-order valence-corrected chi connectivity index (χ3v) is 5.07. The predicted octanol–water partition coefficient (Wildman–Crippen LogP) is 1.34. The predicted molar refractivity (Wildman–Crippen MR) is 70.8 cm³/mol. The summed E-state index contributed by atoms with van der Waals surface area (Å²) < 4.78 is 16.9. The number of esters is 1. The van der Waals surface area contributed by atoms with E-state index in [-0.39, 0.29) is 23.2 Å². The van der Waals surface area contributed by atoms with Crippen LogP contribution in [-0.4, -0.2) is 43.3 Å². The van der Waals surface area contributed by atoms with Crippen LogP contribution in [0.3, 0.4) is 0 Å². The number of aliphatic hydroxyl groups excluding tert-OH is 1. The summed E-state index contributed by atoms with van der Waals surface area (Å²) >= 11 is 0. The third-order valence-electron chi connectivity index (χ3n) is 5.07. The molecule has 0 amide bonds. The maximum atomic E-state index is 11.9. The molecule has 0 bridgehead atoms. The zero-order valence-corrected chi connectivity index (χ0v) is 12.4. The van der Waals surface area contributed by atoms with Gasteiger partial charge in [-0.15, -0.1) is 0 Å². The zero-order chi connectivity index (χ0) is 14.5. The first kappa shape index (κ1) is 14.3. The second-order valence-corrected chi connectivity index (χ2v) is 7.34. The van der Waals surface area contributed by atoms with Crippen LogP contribution in [0.15, 0.2) is 0 Å². The minimum absolute atomic E-state index is 0.0458. The highest BCUT2D eigenvalue weighted by atomic mass is 16.7. The summed E-state index contributed by atoms with van der Waals surface area (Å²) in [5.41, 5.74) is 0.0458. The van der Waals surface area contributed by atoms with Crippen molar-refractivity contribution < 1.29 is 24.1 Å². The first-order valence-corrected chi connectivity index (χ1v) is 7.40. The average Bonchev–Trinajstić information content (AvgIpc) is 2.86. The lowest BCUT2D eigenvalue weighted by Gasteiger charge is -2.42. The van der Waals surface area contributed by atoms with Gasteiger partial charge in [0.05, 0.1) is 32.3 Å². The Labute approximate surface area is 119 Å². The number of rotatable bonds is 1. The maximum absolute atomic E-state index is 11.9. The summed E-state index contributed by atoms with van der Waals surface area (Å²) in [6, 6.07) is 0. The standard InChI is InChI=1S/C15H24O5/c1-14(2)7-19-15(20-8-14)5-9-4-11(16)12(10(9)6-15)13(17)18-3/h9-12,16H,4-8H2,1-3H3/t9-,10+,11-,12?/m1/s1. The van der Waals surface area contributed by atoms with E-state index in [1.807, 2.05) is 0 Å². The van der Waals surface area contributed by atoms with E-state index < -0.39 is 17.8 Å². The van der Waals surface area contributed by atoms with Gasteiger partial charge in [0.15, 0.2) is 5.79 Å². The number of methoxy groups -OCH3 is 1. The number of hydrogen-bond donors (Lipinski definition) is 1. The van der Waals surface area contributed by atoms with E-state index in [0.717, 1.165) is 6.42 Å². The normalized spacial score (nSPS) is 41.6. The van der Waals surface area contributed by atoms with Gasteiger partial charge in [0.2, 0.25) is 0 Å². The quantitative estimate of drug-likeness (QED) is 0.736. The summed E-state index contributed by atoms with van der Waals surface area (Å²) in [6.45, 7) is 5.60. The van der Waals surface area contributed by atoms with Crippen molar-refractivity contribution in [3.8, 4) is 0 Å². The monoisotopic (exact) mass is 284 g/mol. The molecule has 4 atom stereocenters. The lowest BCUT2D eigenvalue weighted by atomic mass is 9.90. The van der Waals surface area contributed by atoms with Gasteiger partial charge in [-0.25, -0.2) is 0 Å². The largest absolute Gasteiger partial charge is 0.469 e. The first-order valence-electron chi connectivity index (χ1n) is 7.40. The molecule has 1 N–H and O–H groups in total. The molecule has 3 rings (SSSR count). The Morgan fingerprint density at radius 2 is 1.90 bits per heavy atom. The molecule has 1 spiro atoms. The van der Waals surface area contributed by atoms with Gasteiger partial charge in [0, 0.05) is 18.3 Å². The van der Waals surface area contributed by atoms with Crippen LogP contribution in [0.4, 0.5) is 0 Å². The molecular formula is C15H24O5. The van der Waals surface area contributed by atoms with Crippen LogP contribution in [0.25, 0.3) is 0 Å². The molecule has 2 saturated carbocycles. The minimum atomic E-state index is -0.588. The number of hydrogen-bond acceptors (Lipinski definition) is 5. The van der Waals surface area contributed by atoms with Gasteiger partial charge in [-0.3, -0.25) is 4.79 Å². The maximum Gasteiger partial charge on any atom is 0.311 e. The van der Waals surface area contributed by atoms with Crippen LogP contribution in [0, 0.1) is 23.2 Å². The van der Waals surface area contributed by atoms with Crippen LogP contribution in [0.2, 0.25) is 0 Å². The van der Waals surface area contributed by atoms with Gasteiger partial charge in [-0.05, 0) is 18.3 Å². The summed E-state index contributed by atoms with van der Waals surface area (Å²) in [6.07, 6.45) is 1.51. The fourth-order valence-corrected chi connectivity index (χ4v) is 4.02. The number of fused-ring (bicyclic) bond motifs is 1. The Bertz CT molecular complexity index is 395. The number of carbonyl (C=O) groups excluding carboxylic acids is 1. The van der Waals surface area contributed by atoms with E-state index in [9.17, 15) is 9.90 Å². The highest BCUT2D eigenvalue weighted by molar-refractivity contribution is 5.74. The van der Waals surface area contributed by atoms with Gasteiger partial charge in [-0.2, -0.15) is 0 Å². The molecule has 0 radical (unpaired) electrons. The van der Waals surface area contributed by atoms with Crippen molar-refractivity contribution >= 4 is 5.97 Å². The van der Waals surface area contributed by atoms with Crippen molar-refractivity contribution in [2.24, 2.45) is 23.2 Å². The Hall–Kier alpha value is -0.650. The second-order valence-electron chi connectivity index (χ2n) is 7.34. The second kappa shape index (κ2) is 4.68. The summed E-state index contributed by atoms with van der Waals surface area (Å²) in [5, 5.41) is 10.1. The highest BCUT2D eigenvalue weighted by Crippen LogP contribution is 2.55. The molecule has 3 aliphatic rings. The van der Waals surface area contributed by atoms with Crippen molar-refractivity contribution in [2.75, 3.05) is 20.3 Å². The molecule has 20 heavy (non-hydrogen) atoms. The lowest BCUT2D eigenvalue weighted by Crippen LogP contribution is -2.47. The van der Waals surface area contributed by atoms with E-state index in [0.29, 0.717) is 26.1 Å². The molecule has 0 aromatic carbocycles. The van der Waals surface area contributed by atoms with Crippen molar-refractivity contribution in [2.45, 2.75) is 45.0 Å². The van der Waals surface area contributed by atoms with E-state index in [1.54, 1.807) is 0 Å². The molecule has 5 heteroatoms. The molecule has 1 heterocycles. The molecule has 0 aromatic heterocycles. The summed E-state index contributed by atoms with van der Waals surface area (Å²) in [4.78, 5) is 11.9. The molecule has 114 valence electrons. The Kier molecular flexibility index (Phi) is 3.35. The molecule has 3 fully saturated rings. The van der Waals surface area contributed by atoms with Gasteiger partial charge >= 0.3 is 5.97 Å². The summed E-state index contributed by atoms with van der Waals surface area (Å²) in [7, 11) is 1.38. The van der Waals surface area contributed by atoms with Crippen molar-refractivity contribution in [3.63, 3.8) is 0 Å². The molecule has 1 saturated heterocycles. The van der Waals surface area contributed by atoms with Crippen molar-refractivity contribution in [1.29, 1.82) is 0 Å². The number of ether oxygens (including phenoxy) is 3. The third kappa shape index (κ3) is 2.26. The van der Waals surface area contributed by atoms with Crippen molar-refractivity contribution in [1.82, 2.24) is 0 Å². The lowest BCUT2D eigenvalue weighted by molar-refractivity contribution is -0.298. The fraction of sp³-hybridized carbons (Fsp3) is 0.933. The van der Waals surface area contributed by atoms with Crippen LogP contribution < -0.4 is 0 Å². The highest BCUT2D eigenvalue weighted by Gasteiger charge is 2.59. The number of carbonyl (C=O) groups is 1. The van der Waals surface area contributed by atoms with Crippen LogP contribution in [0.5, 0.6) is 0 Å². The summed E-state index contributed by atoms with van der Waals surface area (Å²) in [5.74, 6) is -0.879. The van der Waals surface area contributed by atoms with Gasteiger partial charge in [-0.1, -0.05) is 13.8 Å². The smallest absolute Gasteiger partial charge is 0.311 e. The van der Waals surface area contributed by atoms with E-state index in [2.05, 4.69) is 13.8 Å². The van der Waals surface area contributed by atoms with Crippen molar-refractivity contribution in [3.05, 3.63) is 0 Å². The topological polar surface area (TPSA) is 65.0 Å². The van der Waals surface area contributed by atoms with E-state index in [1.165, 1.54) is 7.11 Å². The van der Waals surface area contributed by atoms with Crippen LogP contribution in [-0.2, 0) is 19.0 Å².